The first-order chi connectivity index (χ1) is 11.5. The Kier molecular flexibility index (Phi) is 4.60. The predicted octanol–water partition coefficient (Wildman–Crippen LogP) is -0.850. The summed E-state index contributed by atoms with van der Waals surface area (Å²) < 4.78 is 7.13. The molecule has 1 aliphatic rings. The van der Waals surface area contributed by atoms with E-state index in [1.807, 2.05) is 0 Å². The highest BCUT2D eigenvalue weighted by Gasteiger charge is 2.35. The monoisotopic (exact) mass is 337 g/mol. The zero-order valence-corrected chi connectivity index (χ0v) is 13.0. The fourth-order valence-electron chi connectivity index (χ4n) is 2.69. The number of carbonyl (C=O) groups excluding carboxylic acids is 1. The van der Waals surface area contributed by atoms with Crippen molar-refractivity contribution in [3.8, 4) is 0 Å². The molecule has 10 nitrogen and oxygen atoms in total. The number of aromatic nitrogens is 4. The maximum absolute atomic E-state index is 12.1. The summed E-state index contributed by atoms with van der Waals surface area (Å²) in [7, 11) is 0. The predicted molar refractivity (Wildman–Crippen MR) is 83.5 cm³/mol. The van der Waals surface area contributed by atoms with Crippen LogP contribution in [0.15, 0.2) is 11.1 Å². The van der Waals surface area contributed by atoms with E-state index >= 15 is 0 Å². The topological polar surface area (TPSA) is 142 Å². The molecule has 4 N–H and O–H groups in total. The van der Waals surface area contributed by atoms with Gasteiger partial charge in [-0.1, -0.05) is 0 Å². The lowest BCUT2D eigenvalue weighted by Crippen LogP contribution is -2.24. The molecule has 24 heavy (non-hydrogen) atoms. The summed E-state index contributed by atoms with van der Waals surface area (Å²) in [5.74, 6) is 0.223. The minimum absolute atomic E-state index is 0.147. The summed E-state index contributed by atoms with van der Waals surface area (Å²) in [6.45, 7) is 1.49. The lowest BCUT2D eigenvalue weighted by molar-refractivity contribution is -0.107. The molecule has 3 rings (SSSR count). The van der Waals surface area contributed by atoms with Crippen molar-refractivity contribution in [2.24, 2.45) is 0 Å². The number of hydrogen-bond donors (Lipinski definition) is 4. The number of nitrogens with zero attached hydrogens (tertiary/aromatic N) is 3. The number of aliphatic hydroxyl groups is 2. The molecule has 3 heterocycles. The van der Waals surface area contributed by atoms with Crippen LogP contribution in [0, 0.1) is 0 Å². The average molecular weight is 337 g/mol. The van der Waals surface area contributed by atoms with E-state index in [-0.39, 0.29) is 37.0 Å². The number of anilines is 1. The van der Waals surface area contributed by atoms with Crippen molar-refractivity contribution < 1.29 is 19.7 Å². The molecule has 0 radical (unpaired) electrons. The smallest absolute Gasteiger partial charge is 0.280 e. The largest absolute Gasteiger partial charge is 0.394 e. The highest BCUT2D eigenvalue weighted by Crippen LogP contribution is 2.30. The normalized spacial score (nSPS) is 25.0. The Bertz CT molecular complexity index is 787. The number of aldehydes is 1. The molecule has 2 aromatic rings. The summed E-state index contributed by atoms with van der Waals surface area (Å²) in [5, 5.41) is 22.0. The van der Waals surface area contributed by atoms with Gasteiger partial charge in [-0.3, -0.25) is 14.3 Å². The summed E-state index contributed by atoms with van der Waals surface area (Å²) in [5.41, 5.74) is 0.0290. The van der Waals surface area contributed by atoms with Gasteiger partial charge in [-0.05, 0) is 6.92 Å². The second-order valence-electron chi connectivity index (χ2n) is 5.80. The number of H-pyrrole nitrogens is 1. The van der Waals surface area contributed by atoms with Gasteiger partial charge >= 0.3 is 0 Å². The van der Waals surface area contributed by atoms with E-state index in [0.717, 1.165) is 6.29 Å². The van der Waals surface area contributed by atoms with Crippen LogP contribution in [0.4, 0.5) is 5.95 Å². The Labute approximate surface area is 136 Å². The third-order valence-electron chi connectivity index (χ3n) is 3.96. The first-order valence-corrected chi connectivity index (χ1v) is 7.65. The Morgan fingerprint density at radius 3 is 3.08 bits per heavy atom. The maximum Gasteiger partial charge on any atom is 0.280 e. The van der Waals surface area contributed by atoms with Crippen molar-refractivity contribution in [3.63, 3.8) is 0 Å². The van der Waals surface area contributed by atoms with Gasteiger partial charge in [-0.15, -0.1) is 0 Å². The first-order valence-electron chi connectivity index (χ1n) is 7.65. The van der Waals surface area contributed by atoms with E-state index in [4.69, 9.17) is 4.74 Å². The first kappa shape index (κ1) is 16.6. The minimum Gasteiger partial charge on any atom is -0.394 e. The van der Waals surface area contributed by atoms with Crippen LogP contribution in [0.25, 0.3) is 11.2 Å². The number of aromatic amines is 1. The number of aliphatic hydroxyl groups excluding tert-OH is 2. The van der Waals surface area contributed by atoms with Gasteiger partial charge < -0.3 is 25.1 Å². The molecule has 0 bridgehead atoms. The van der Waals surface area contributed by atoms with E-state index in [2.05, 4.69) is 20.3 Å². The van der Waals surface area contributed by atoms with Gasteiger partial charge in [-0.2, -0.15) is 4.98 Å². The molecule has 0 amide bonds. The zero-order chi connectivity index (χ0) is 17.3. The van der Waals surface area contributed by atoms with Crippen LogP contribution in [-0.4, -0.2) is 60.9 Å². The van der Waals surface area contributed by atoms with Gasteiger partial charge in [0.05, 0.1) is 19.0 Å². The maximum atomic E-state index is 12.1. The second kappa shape index (κ2) is 6.67. The number of imidazole rings is 1. The lowest BCUT2D eigenvalue weighted by atomic mass is 10.2. The van der Waals surface area contributed by atoms with Crippen LogP contribution >= 0.6 is 0 Å². The molecule has 1 saturated heterocycles. The molecular formula is C14H19N5O5. The average Bonchev–Trinajstić information content (AvgIpc) is 3.10. The van der Waals surface area contributed by atoms with Crippen molar-refractivity contribution >= 4 is 23.4 Å². The fourth-order valence-corrected chi connectivity index (χ4v) is 2.69. The number of rotatable bonds is 6. The van der Waals surface area contributed by atoms with E-state index in [1.54, 1.807) is 11.5 Å². The molecule has 0 aromatic carbocycles. The van der Waals surface area contributed by atoms with Crippen molar-refractivity contribution in [3.05, 3.63) is 16.7 Å². The van der Waals surface area contributed by atoms with Crippen LogP contribution in [0.2, 0.25) is 0 Å². The Morgan fingerprint density at radius 1 is 1.62 bits per heavy atom. The minimum atomic E-state index is -0.801. The lowest BCUT2D eigenvalue weighted by Gasteiger charge is -2.14. The van der Waals surface area contributed by atoms with Gasteiger partial charge in [-0.25, -0.2) is 4.98 Å². The van der Waals surface area contributed by atoms with Crippen LogP contribution in [-0.2, 0) is 9.53 Å². The number of nitrogens with one attached hydrogen (secondary N) is 2. The van der Waals surface area contributed by atoms with Gasteiger partial charge in [0.1, 0.15) is 18.6 Å². The number of carbonyl (C=O) groups is 1. The number of fused-ring (bicyclic) bond motifs is 1. The SMILES string of the molecule is CC(CC=O)Nc1nc2c(ncn2[C@H]2C[C@H](O)[C@@H](CO)O2)c(=O)[nH]1. The van der Waals surface area contributed by atoms with Gasteiger partial charge in [0.25, 0.3) is 5.56 Å². The third kappa shape index (κ3) is 3.03. The second-order valence-corrected chi connectivity index (χ2v) is 5.80. The molecule has 1 unspecified atom stereocenters. The number of hydrogen-bond acceptors (Lipinski definition) is 8. The molecule has 0 spiro atoms. The third-order valence-corrected chi connectivity index (χ3v) is 3.96. The molecular weight excluding hydrogens is 318 g/mol. The van der Waals surface area contributed by atoms with E-state index in [9.17, 15) is 19.8 Å². The number of ether oxygens (including phenoxy) is 1. The molecule has 1 aliphatic heterocycles. The molecule has 2 aromatic heterocycles. The molecule has 0 aliphatic carbocycles. The molecule has 10 heteroatoms. The van der Waals surface area contributed by atoms with Crippen LogP contribution in [0.5, 0.6) is 0 Å². The molecule has 1 fully saturated rings. The van der Waals surface area contributed by atoms with Crippen molar-refractivity contribution in [1.29, 1.82) is 0 Å². The highest BCUT2D eigenvalue weighted by atomic mass is 16.5. The van der Waals surface area contributed by atoms with Gasteiger partial charge in [0.2, 0.25) is 5.95 Å². The van der Waals surface area contributed by atoms with Crippen LogP contribution in [0.3, 0.4) is 0 Å². The molecule has 0 saturated carbocycles. The van der Waals surface area contributed by atoms with E-state index < -0.39 is 24.0 Å². The summed E-state index contributed by atoms with van der Waals surface area (Å²) >= 11 is 0. The van der Waals surface area contributed by atoms with Crippen LogP contribution < -0.4 is 10.9 Å². The van der Waals surface area contributed by atoms with Gasteiger partial charge in [0, 0.05) is 18.9 Å². The van der Waals surface area contributed by atoms with Crippen molar-refractivity contribution in [2.75, 3.05) is 11.9 Å². The fraction of sp³-hybridized carbons (Fsp3) is 0.571. The van der Waals surface area contributed by atoms with Gasteiger partial charge in [0.15, 0.2) is 11.2 Å². The summed E-state index contributed by atoms with van der Waals surface area (Å²) in [6, 6.07) is -0.192. The standard InChI is InChI=1S/C14H19N5O5/c1-7(2-3-20)16-14-17-12-11(13(23)18-14)15-6-19(12)10-4-8(22)9(5-21)24-10/h3,6-10,21-22H,2,4-5H2,1H3,(H2,16,17,18,23)/t7?,8-,9+,10+/m0/s1. The van der Waals surface area contributed by atoms with Crippen molar-refractivity contribution in [1.82, 2.24) is 19.5 Å². The summed E-state index contributed by atoms with van der Waals surface area (Å²) in [6.07, 6.45) is 0.678. The molecule has 4 atom stereocenters. The Morgan fingerprint density at radius 2 is 2.42 bits per heavy atom. The quantitative estimate of drug-likeness (QED) is 0.499. The van der Waals surface area contributed by atoms with E-state index in [1.165, 1.54) is 6.33 Å². The Balaban J connectivity index is 1.94. The van der Waals surface area contributed by atoms with Crippen LogP contribution in [0.1, 0.15) is 26.0 Å². The zero-order valence-electron chi connectivity index (χ0n) is 13.0. The Hall–Kier alpha value is -2.30. The van der Waals surface area contributed by atoms with E-state index in [0.29, 0.717) is 5.65 Å². The molecule has 130 valence electrons. The summed E-state index contributed by atoms with van der Waals surface area (Å²) in [4.78, 5) is 33.6. The van der Waals surface area contributed by atoms with Crippen molar-refractivity contribution in [2.45, 2.75) is 44.2 Å². The highest BCUT2D eigenvalue weighted by molar-refractivity contribution is 5.71.